The first kappa shape index (κ1) is 21.6. The van der Waals surface area contributed by atoms with E-state index in [9.17, 15) is 28.1 Å². The third-order valence-corrected chi connectivity index (χ3v) is 4.64. The lowest BCUT2D eigenvalue weighted by molar-refractivity contribution is -0.907. The average Bonchev–Trinajstić information content (AvgIpc) is 2.62. The normalized spacial score (nSPS) is 13.6. The Balaban J connectivity index is 2.04. The standard InChI is InChI=1S/C18H17ClF3N3O3/c1-11(17(26)23-16-9-14(25(27)28)7-8-15(16)19)24(2)10-12-3-5-13(6-4-12)18(20,21)22/h3-9,11H,10H2,1-2H3,(H,23,26)/p+1/t11-/m0/s1. The van der Waals surface area contributed by atoms with Gasteiger partial charge in [0, 0.05) is 17.7 Å². The van der Waals surface area contributed by atoms with Gasteiger partial charge in [0.05, 0.1) is 28.2 Å². The Labute approximate surface area is 164 Å². The van der Waals surface area contributed by atoms with Crippen LogP contribution in [0.5, 0.6) is 0 Å². The van der Waals surface area contributed by atoms with E-state index >= 15 is 0 Å². The number of carbonyl (C=O) groups is 1. The Bertz CT molecular complexity index is 873. The third kappa shape index (κ3) is 5.43. The summed E-state index contributed by atoms with van der Waals surface area (Å²) in [5.41, 5.74) is -0.189. The highest BCUT2D eigenvalue weighted by Crippen LogP contribution is 2.29. The molecule has 2 aromatic carbocycles. The number of hydrogen-bond acceptors (Lipinski definition) is 3. The van der Waals surface area contributed by atoms with Crippen LogP contribution in [0.25, 0.3) is 0 Å². The predicted molar refractivity (Wildman–Crippen MR) is 98.2 cm³/mol. The number of nitro groups is 1. The third-order valence-electron chi connectivity index (χ3n) is 4.32. The summed E-state index contributed by atoms with van der Waals surface area (Å²) < 4.78 is 37.9. The molecule has 0 aliphatic heterocycles. The fraction of sp³-hybridized carbons (Fsp3) is 0.278. The van der Waals surface area contributed by atoms with Crippen molar-refractivity contribution in [3.8, 4) is 0 Å². The molecule has 2 rings (SSSR count). The second-order valence-corrected chi connectivity index (χ2v) is 6.76. The summed E-state index contributed by atoms with van der Waals surface area (Å²) in [6.07, 6.45) is -4.40. The Morgan fingerprint density at radius 1 is 1.25 bits per heavy atom. The van der Waals surface area contributed by atoms with E-state index in [-0.39, 0.29) is 16.4 Å². The number of rotatable bonds is 6. The fourth-order valence-electron chi connectivity index (χ4n) is 2.47. The van der Waals surface area contributed by atoms with Crippen molar-refractivity contribution in [2.45, 2.75) is 25.7 Å². The van der Waals surface area contributed by atoms with Crippen LogP contribution in [0.4, 0.5) is 24.5 Å². The Hall–Kier alpha value is -2.65. The van der Waals surface area contributed by atoms with Gasteiger partial charge in [-0.25, -0.2) is 0 Å². The molecule has 1 unspecified atom stereocenters. The molecule has 0 aromatic heterocycles. The lowest BCUT2D eigenvalue weighted by Crippen LogP contribution is -3.12. The van der Waals surface area contributed by atoms with Crippen molar-refractivity contribution in [2.75, 3.05) is 12.4 Å². The molecular weight excluding hydrogens is 399 g/mol. The Kier molecular flexibility index (Phi) is 6.63. The fourth-order valence-corrected chi connectivity index (χ4v) is 2.64. The van der Waals surface area contributed by atoms with Crippen molar-refractivity contribution in [3.63, 3.8) is 0 Å². The number of benzene rings is 2. The number of quaternary nitrogens is 1. The van der Waals surface area contributed by atoms with Gasteiger partial charge in [0.2, 0.25) is 0 Å². The van der Waals surface area contributed by atoms with Crippen molar-refractivity contribution < 1.29 is 27.8 Å². The molecule has 2 aromatic rings. The van der Waals surface area contributed by atoms with Crippen LogP contribution in [-0.2, 0) is 17.5 Å². The van der Waals surface area contributed by atoms with Crippen molar-refractivity contribution in [3.05, 3.63) is 68.7 Å². The molecule has 150 valence electrons. The van der Waals surface area contributed by atoms with Crippen molar-refractivity contribution in [2.24, 2.45) is 0 Å². The summed E-state index contributed by atoms with van der Waals surface area (Å²) in [5.74, 6) is -0.424. The van der Waals surface area contributed by atoms with Crippen molar-refractivity contribution >= 4 is 28.9 Å². The minimum Gasteiger partial charge on any atom is -0.324 e. The first-order valence-electron chi connectivity index (χ1n) is 8.22. The molecule has 28 heavy (non-hydrogen) atoms. The monoisotopic (exact) mass is 416 g/mol. The largest absolute Gasteiger partial charge is 0.416 e. The molecule has 0 aliphatic rings. The Morgan fingerprint density at radius 3 is 2.39 bits per heavy atom. The average molecular weight is 417 g/mol. The highest BCUT2D eigenvalue weighted by molar-refractivity contribution is 6.33. The van der Waals surface area contributed by atoms with Crippen LogP contribution in [0, 0.1) is 10.1 Å². The minimum atomic E-state index is -4.40. The van der Waals surface area contributed by atoms with Crippen LogP contribution in [0.1, 0.15) is 18.1 Å². The predicted octanol–water partition coefficient (Wildman–Crippen LogP) is 3.31. The number of non-ortho nitro benzene ring substituents is 1. The Morgan fingerprint density at radius 2 is 1.86 bits per heavy atom. The van der Waals surface area contributed by atoms with E-state index in [1.807, 2.05) is 0 Å². The molecule has 0 fully saturated rings. The molecule has 0 bridgehead atoms. The summed E-state index contributed by atoms with van der Waals surface area (Å²) in [6.45, 7) is 1.95. The van der Waals surface area contributed by atoms with Gasteiger partial charge >= 0.3 is 6.18 Å². The lowest BCUT2D eigenvalue weighted by Gasteiger charge is -2.21. The molecule has 0 radical (unpaired) electrons. The zero-order valence-electron chi connectivity index (χ0n) is 15.0. The number of nitro benzene ring substituents is 1. The number of hydrogen-bond donors (Lipinski definition) is 2. The van der Waals surface area contributed by atoms with Gasteiger partial charge in [-0.05, 0) is 25.1 Å². The highest BCUT2D eigenvalue weighted by Gasteiger charge is 2.30. The number of halogens is 4. The van der Waals surface area contributed by atoms with Crippen molar-refractivity contribution in [1.29, 1.82) is 0 Å². The van der Waals surface area contributed by atoms with Crippen LogP contribution >= 0.6 is 11.6 Å². The van der Waals surface area contributed by atoms with E-state index in [1.54, 1.807) is 14.0 Å². The number of nitrogens with one attached hydrogen (secondary N) is 2. The molecule has 0 saturated carbocycles. The molecule has 2 N–H and O–H groups in total. The van der Waals surface area contributed by atoms with E-state index in [1.165, 1.54) is 24.3 Å². The van der Waals surface area contributed by atoms with Crippen LogP contribution in [-0.4, -0.2) is 23.9 Å². The maximum Gasteiger partial charge on any atom is 0.416 e. The highest BCUT2D eigenvalue weighted by atomic mass is 35.5. The zero-order chi connectivity index (χ0) is 21.1. The molecule has 1 amide bonds. The second kappa shape index (κ2) is 8.57. The lowest BCUT2D eigenvalue weighted by atomic mass is 10.1. The van der Waals surface area contributed by atoms with Crippen LogP contribution in [0.3, 0.4) is 0 Å². The van der Waals surface area contributed by atoms with Gasteiger partial charge in [0.15, 0.2) is 6.04 Å². The van der Waals surface area contributed by atoms with Gasteiger partial charge in [-0.1, -0.05) is 23.7 Å². The van der Waals surface area contributed by atoms with Crippen LogP contribution in [0.15, 0.2) is 42.5 Å². The van der Waals surface area contributed by atoms with E-state index in [4.69, 9.17) is 11.6 Å². The van der Waals surface area contributed by atoms with Gasteiger partial charge in [-0.2, -0.15) is 13.2 Å². The molecule has 0 saturated heterocycles. The van der Waals surface area contributed by atoms with E-state index in [2.05, 4.69) is 5.32 Å². The van der Waals surface area contributed by atoms with Crippen LogP contribution < -0.4 is 10.2 Å². The first-order chi connectivity index (χ1) is 13.0. The number of carbonyl (C=O) groups excluding carboxylic acids is 1. The topological polar surface area (TPSA) is 76.7 Å². The summed E-state index contributed by atoms with van der Waals surface area (Å²) in [5, 5.41) is 13.6. The molecule has 0 aliphatic carbocycles. The van der Waals surface area contributed by atoms with E-state index in [0.29, 0.717) is 12.1 Å². The SMILES string of the molecule is C[C@@H](C(=O)Nc1cc([N+](=O)[O-])ccc1Cl)[NH+](C)Cc1ccc(C(F)(F)F)cc1. The molecule has 0 heterocycles. The molecule has 6 nitrogen and oxygen atoms in total. The van der Waals surface area contributed by atoms with Gasteiger partial charge in [-0.15, -0.1) is 0 Å². The van der Waals surface area contributed by atoms with E-state index in [0.717, 1.165) is 23.1 Å². The summed E-state index contributed by atoms with van der Waals surface area (Å²) >= 11 is 5.97. The quantitative estimate of drug-likeness (QED) is 0.560. The summed E-state index contributed by atoms with van der Waals surface area (Å²) in [4.78, 5) is 23.4. The maximum atomic E-state index is 12.6. The van der Waals surface area contributed by atoms with Gasteiger partial charge in [0.1, 0.15) is 6.54 Å². The van der Waals surface area contributed by atoms with Crippen molar-refractivity contribution in [1.82, 2.24) is 0 Å². The van der Waals surface area contributed by atoms with E-state index < -0.39 is 28.6 Å². The molecule has 10 heteroatoms. The molecule has 2 atom stereocenters. The first-order valence-corrected chi connectivity index (χ1v) is 8.60. The van der Waals surface area contributed by atoms with Crippen LogP contribution in [0.2, 0.25) is 5.02 Å². The second-order valence-electron chi connectivity index (χ2n) is 6.35. The number of likely N-dealkylation sites (N-methyl/N-ethyl adjacent to an activating group) is 1. The van der Waals surface area contributed by atoms with Gasteiger partial charge < -0.3 is 10.2 Å². The minimum absolute atomic E-state index is 0.120. The smallest absolute Gasteiger partial charge is 0.324 e. The number of anilines is 1. The van der Waals surface area contributed by atoms with Gasteiger partial charge in [0.25, 0.3) is 11.6 Å². The number of nitrogens with zero attached hydrogens (tertiary/aromatic N) is 1. The zero-order valence-corrected chi connectivity index (χ0v) is 15.8. The van der Waals surface area contributed by atoms with Gasteiger partial charge in [-0.3, -0.25) is 14.9 Å². The summed E-state index contributed by atoms with van der Waals surface area (Å²) in [7, 11) is 1.72. The summed E-state index contributed by atoms with van der Waals surface area (Å²) in [6, 6.07) is 7.85. The molecular formula is C18H18ClF3N3O3+. The number of amides is 1. The number of alkyl halides is 3. The molecule has 0 spiro atoms. The maximum absolute atomic E-state index is 12.6.